The first kappa shape index (κ1) is 22.5. The third kappa shape index (κ3) is 6.15. The molecule has 0 aromatic heterocycles. The second-order valence-electron chi connectivity index (χ2n) is 7.06. The van der Waals surface area contributed by atoms with Gasteiger partial charge in [0.2, 0.25) is 0 Å². The molecular weight excluding hydrogens is 408 g/mol. The topological polar surface area (TPSA) is 78.9 Å². The predicted octanol–water partition coefficient (Wildman–Crippen LogP) is 5.00. The lowest BCUT2D eigenvalue weighted by molar-refractivity contribution is 0.0448. The van der Waals surface area contributed by atoms with Gasteiger partial charge >= 0.3 is 17.9 Å². The van der Waals surface area contributed by atoms with Gasteiger partial charge in [-0.25, -0.2) is 14.4 Å². The summed E-state index contributed by atoms with van der Waals surface area (Å²) in [6, 6.07) is 21.7. The Morgan fingerprint density at radius 2 is 1.38 bits per heavy atom. The van der Waals surface area contributed by atoms with Crippen LogP contribution in [0, 0.1) is 0 Å². The molecule has 0 spiro atoms. The standard InChI is InChI=1S/C26H22O6/c1-18(2)16-30-25(28)22-14-13-20(24(27)32-21-11-7-4-8-12-21)15-23(22)26(29)31-17-19-9-5-3-6-10-19/h3-15H,1,16-17H2,2H3. The van der Waals surface area contributed by atoms with Gasteiger partial charge in [-0.2, -0.15) is 0 Å². The molecule has 0 bridgehead atoms. The lowest BCUT2D eigenvalue weighted by Crippen LogP contribution is -2.17. The van der Waals surface area contributed by atoms with E-state index in [-0.39, 0.29) is 29.9 Å². The van der Waals surface area contributed by atoms with E-state index in [2.05, 4.69) is 6.58 Å². The van der Waals surface area contributed by atoms with E-state index < -0.39 is 17.9 Å². The lowest BCUT2D eigenvalue weighted by Gasteiger charge is -2.12. The van der Waals surface area contributed by atoms with Gasteiger partial charge in [0, 0.05) is 0 Å². The average molecular weight is 430 g/mol. The fraction of sp³-hybridized carbons (Fsp3) is 0.115. The molecule has 3 aromatic carbocycles. The number of benzene rings is 3. The van der Waals surface area contributed by atoms with E-state index in [1.807, 2.05) is 30.3 Å². The maximum atomic E-state index is 12.8. The Bertz CT molecular complexity index is 1120. The number of esters is 3. The first-order chi connectivity index (χ1) is 15.4. The first-order valence-electron chi connectivity index (χ1n) is 9.88. The van der Waals surface area contributed by atoms with Crippen molar-refractivity contribution in [3.63, 3.8) is 0 Å². The summed E-state index contributed by atoms with van der Waals surface area (Å²) in [5.74, 6) is -1.79. The van der Waals surface area contributed by atoms with Crippen LogP contribution < -0.4 is 4.74 Å². The van der Waals surface area contributed by atoms with Crippen LogP contribution >= 0.6 is 0 Å². The number of carbonyl (C=O) groups excluding carboxylic acids is 3. The highest BCUT2D eigenvalue weighted by Crippen LogP contribution is 2.19. The molecule has 6 heteroatoms. The van der Waals surface area contributed by atoms with Gasteiger partial charge in [0.05, 0.1) is 16.7 Å². The number of para-hydroxylation sites is 1. The summed E-state index contributed by atoms with van der Waals surface area (Å²) in [5.41, 5.74) is 1.43. The highest BCUT2D eigenvalue weighted by Gasteiger charge is 2.23. The van der Waals surface area contributed by atoms with Crippen molar-refractivity contribution in [3.05, 3.63) is 113 Å². The third-order valence-electron chi connectivity index (χ3n) is 4.31. The van der Waals surface area contributed by atoms with Crippen LogP contribution in [0.3, 0.4) is 0 Å². The molecule has 0 amide bonds. The zero-order valence-corrected chi connectivity index (χ0v) is 17.6. The van der Waals surface area contributed by atoms with Gasteiger partial charge in [0.25, 0.3) is 0 Å². The molecular formula is C26H22O6. The van der Waals surface area contributed by atoms with E-state index in [0.29, 0.717) is 11.3 Å². The van der Waals surface area contributed by atoms with Gasteiger partial charge in [-0.3, -0.25) is 0 Å². The average Bonchev–Trinajstić information content (AvgIpc) is 2.82. The van der Waals surface area contributed by atoms with Crippen LogP contribution in [0.4, 0.5) is 0 Å². The highest BCUT2D eigenvalue weighted by molar-refractivity contribution is 6.05. The van der Waals surface area contributed by atoms with Crippen LogP contribution in [0.2, 0.25) is 0 Å². The number of hydrogen-bond acceptors (Lipinski definition) is 6. The minimum Gasteiger partial charge on any atom is -0.458 e. The fourth-order valence-corrected chi connectivity index (χ4v) is 2.74. The first-order valence-corrected chi connectivity index (χ1v) is 9.88. The summed E-state index contributed by atoms with van der Waals surface area (Å²) in [6.45, 7) is 5.42. The van der Waals surface area contributed by atoms with Crippen LogP contribution in [0.1, 0.15) is 43.6 Å². The molecule has 0 heterocycles. The van der Waals surface area contributed by atoms with Crippen molar-refractivity contribution in [3.8, 4) is 5.75 Å². The molecule has 162 valence electrons. The Hall–Kier alpha value is -4.19. The summed E-state index contributed by atoms with van der Waals surface area (Å²) < 4.78 is 15.9. The SMILES string of the molecule is C=C(C)COC(=O)c1ccc(C(=O)Oc2ccccc2)cc1C(=O)OCc1ccccc1. The summed E-state index contributed by atoms with van der Waals surface area (Å²) in [5, 5.41) is 0. The molecule has 0 radical (unpaired) electrons. The smallest absolute Gasteiger partial charge is 0.343 e. The number of carbonyl (C=O) groups is 3. The molecule has 0 aliphatic heterocycles. The predicted molar refractivity (Wildman–Crippen MR) is 119 cm³/mol. The summed E-state index contributed by atoms with van der Waals surface area (Å²) in [4.78, 5) is 37.9. The Morgan fingerprint density at radius 1 is 0.750 bits per heavy atom. The minimum atomic E-state index is -0.759. The van der Waals surface area contributed by atoms with Crippen LogP contribution in [0.25, 0.3) is 0 Å². The van der Waals surface area contributed by atoms with E-state index in [9.17, 15) is 14.4 Å². The van der Waals surface area contributed by atoms with Crippen LogP contribution in [0.15, 0.2) is 91.0 Å². The second kappa shape index (κ2) is 10.7. The molecule has 3 aromatic rings. The van der Waals surface area contributed by atoms with E-state index >= 15 is 0 Å². The Labute approximate surface area is 186 Å². The lowest BCUT2D eigenvalue weighted by atomic mass is 10.0. The van der Waals surface area contributed by atoms with Crippen molar-refractivity contribution in [2.45, 2.75) is 13.5 Å². The van der Waals surface area contributed by atoms with E-state index in [0.717, 1.165) is 5.56 Å². The van der Waals surface area contributed by atoms with Crippen molar-refractivity contribution in [2.75, 3.05) is 6.61 Å². The van der Waals surface area contributed by atoms with Crippen molar-refractivity contribution < 1.29 is 28.6 Å². The van der Waals surface area contributed by atoms with Gasteiger partial charge in [-0.05, 0) is 48.4 Å². The largest absolute Gasteiger partial charge is 0.458 e. The number of hydrogen-bond donors (Lipinski definition) is 0. The zero-order valence-electron chi connectivity index (χ0n) is 17.6. The number of ether oxygens (including phenoxy) is 3. The molecule has 0 aliphatic carbocycles. The molecule has 32 heavy (non-hydrogen) atoms. The van der Waals surface area contributed by atoms with Crippen LogP contribution in [-0.2, 0) is 16.1 Å². The van der Waals surface area contributed by atoms with Crippen molar-refractivity contribution in [2.24, 2.45) is 0 Å². The van der Waals surface area contributed by atoms with Gasteiger partial charge in [-0.1, -0.05) is 55.1 Å². The maximum Gasteiger partial charge on any atom is 0.343 e. The van der Waals surface area contributed by atoms with Gasteiger partial charge in [-0.15, -0.1) is 0 Å². The Morgan fingerprint density at radius 3 is 2.03 bits per heavy atom. The van der Waals surface area contributed by atoms with E-state index in [4.69, 9.17) is 14.2 Å². The van der Waals surface area contributed by atoms with Crippen LogP contribution in [0.5, 0.6) is 5.75 Å². The van der Waals surface area contributed by atoms with E-state index in [1.165, 1.54) is 18.2 Å². The highest BCUT2D eigenvalue weighted by atomic mass is 16.5. The monoisotopic (exact) mass is 430 g/mol. The van der Waals surface area contributed by atoms with Crippen LogP contribution in [-0.4, -0.2) is 24.5 Å². The van der Waals surface area contributed by atoms with Gasteiger partial charge < -0.3 is 14.2 Å². The second-order valence-corrected chi connectivity index (χ2v) is 7.06. The van der Waals surface area contributed by atoms with E-state index in [1.54, 1.807) is 37.3 Å². The molecule has 0 saturated carbocycles. The Kier molecular flexibility index (Phi) is 7.54. The summed E-state index contributed by atoms with van der Waals surface area (Å²) in [7, 11) is 0. The molecule has 0 saturated heterocycles. The van der Waals surface area contributed by atoms with Crippen molar-refractivity contribution in [1.29, 1.82) is 0 Å². The normalized spacial score (nSPS) is 10.2. The molecule has 0 N–H and O–H groups in total. The Balaban J connectivity index is 1.85. The third-order valence-corrected chi connectivity index (χ3v) is 4.31. The quantitative estimate of drug-likeness (QED) is 0.284. The van der Waals surface area contributed by atoms with Crippen molar-refractivity contribution in [1.82, 2.24) is 0 Å². The summed E-state index contributed by atoms with van der Waals surface area (Å²) >= 11 is 0. The molecule has 0 fully saturated rings. The zero-order chi connectivity index (χ0) is 22.9. The van der Waals surface area contributed by atoms with Crippen molar-refractivity contribution >= 4 is 17.9 Å². The maximum absolute atomic E-state index is 12.8. The fourth-order valence-electron chi connectivity index (χ4n) is 2.74. The summed E-state index contributed by atoms with van der Waals surface area (Å²) in [6.07, 6.45) is 0. The molecule has 0 unspecified atom stereocenters. The molecule has 6 nitrogen and oxygen atoms in total. The molecule has 0 aliphatic rings. The molecule has 3 rings (SSSR count). The van der Waals surface area contributed by atoms with Gasteiger partial charge in [0.1, 0.15) is 19.0 Å². The minimum absolute atomic E-state index is 0.00906. The molecule has 0 atom stereocenters. The van der Waals surface area contributed by atoms with Gasteiger partial charge in [0.15, 0.2) is 0 Å². The number of rotatable bonds is 8.